The third-order valence-corrected chi connectivity index (χ3v) is 9.27. The van der Waals surface area contributed by atoms with Crippen molar-refractivity contribution >= 4 is 0 Å². The van der Waals surface area contributed by atoms with Crippen molar-refractivity contribution < 1.29 is 0 Å². The Balaban J connectivity index is 1.04. The number of benzene rings is 3. The van der Waals surface area contributed by atoms with Crippen LogP contribution in [0.3, 0.4) is 0 Å². The number of hydrogen-bond acceptors (Lipinski definition) is 0. The number of fused-ring (bicyclic) bond motifs is 1. The van der Waals surface area contributed by atoms with Gasteiger partial charge in [-0.15, -0.1) is 0 Å². The molecule has 37 heavy (non-hydrogen) atoms. The van der Waals surface area contributed by atoms with Gasteiger partial charge >= 0.3 is 0 Å². The molecule has 0 spiro atoms. The van der Waals surface area contributed by atoms with E-state index in [0.29, 0.717) is 0 Å². The van der Waals surface area contributed by atoms with Gasteiger partial charge in [0.1, 0.15) is 0 Å². The van der Waals surface area contributed by atoms with Gasteiger partial charge in [0.05, 0.1) is 0 Å². The van der Waals surface area contributed by atoms with Crippen LogP contribution in [-0.4, -0.2) is 0 Å². The molecule has 5 rings (SSSR count). The molecule has 1 fully saturated rings. The molecule has 0 aromatic heterocycles. The topological polar surface area (TPSA) is 0 Å². The summed E-state index contributed by atoms with van der Waals surface area (Å²) >= 11 is 0. The van der Waals surface area contributed by atoms with E-state index in [9.17, 15) is 0 Å². The molecule has 0 radical (unpaired) electrons. The lowest BCUT2D eigenvalue weighted by atomic mass is 9.80. The minimum absolute atomic E-state index is 0.844. The van der Waals surface area contributed by atoms with E-state index in [0.717, 1.165) is 11.8 Å². The zero-order valence-electron chi connectivity index (χ0n) is 23.3. The van der Waals surface area contributed by atoms with Gasteiger partial charge in [-0.25, -0.2) is 0 Å². The summed E-state index contributed by atoms with van der Waals surface area (Å²) in [6, 6.07) is 26.3. The highest BCUT2D eigenvalue weighted by molar-refractivity contribution is 5.35. The highest BCUT2D eigenvalue weighted by Crippen LogP contribution is 2.31. The number of aryl methyl sites for hydroxylation is 6. The molecule has 0 N–H and O–H groups in total. The van der Waals surface area contributed by atoms with Crippen LogP contribution in [-0.2, 0) is 44.9 Å². The van der Waals surface area contributed by atoms with Gasteiger partial charge in [-0.05, 0) is 121 Å². The van der Waals surface area contributed by atoms with Crippen molar-refractivity contribution in [2.75, 3.05) is 0 Å². The van der Waals surface area contributed by atoms with E-state index >= 15 is 0 Å². The largest absolute Gasteiger partial charge is 0.0651 e. The van der Waals surface area contributed by atoms with Crippen LogP contribution in [0, 0.1) is 11.8 Å². The maximum absolute atomic E-state index is 2.53. The summed E-state index contributed by atoms with van der Waals surface area (Å²) in [5.41, 5.74) is 10.8. The molecule has 1 saturated carbocycles. The molecule has 196 valence electrons. The van der Waals surface area contributed by atoms with Crippen LogP contribution in [0.4, 0.5) is 0 Å². The van der Waals surface area contributed by atoms with Crippen molar-refractivity contribution in [2.45, 2.75) is 110 Å². The molecule has 0 bridgehead atoms. The molecular weight excluding hydrogens is 444 g/mol. The minimum atomic E-state index is 0.844. The quantitative estimate of drug-likeness (QED) is 0.236. The van der Waals surface area contributed by atoms with Gasteiger partial charge in [0, 0.05) is 0 Å². The summed E-state index contributed by atoms with van der Waals surface area (Å²) in [7, 11) is 0. The fourth-order valence-electron chi connectivity index (χ4n) is 6.86. The summed E-state index contributed by atoms with van der Waals surface area (Å²) in [4.78, 5) is 0. The Morgan fingerprint density at radius 1 is 0.541 bits per heavy atom. The smallest absolute Gasteiger partial charge is 0.0247 e. The monoisotopic (exact) mass is 492 g/mol. The third-order valence-electron chi connectivity index (χ3n) is 9.27. The Hall–Kier alpha value is -2.34. The molecular formula is C37H48. The predicted molar refractivity (Wildman–Crippen MR) is 159 cm³/mol. The Morgan fingerprint density at radius 3 is 1.73 bits per heavy atom. The van der Waals surface area contributed by atoms with E-state index in [-0.39, 0.29) is 0 Å². The summed E-state index contributed by atoms with van der Waals surface area (Å²) < 4.78 is 0. The third kappa shape index (κ3) is 7.83. The van der Waals surface area contributed by atoms with Crippen molar-refractivity contribution in [3.63, 3.8) is 0 Å². The zero-order valence-corrected chi connectivity index (χ0v) is 23.3. The van der Waals surface area contributed by atoms with Gasteiger partial charge in [-0.3, -0.25) is 0 Å². The van der Waals surface area contributed by atoms with E-state index in [1.807, 2.05) is 0 Å². The van der Waals surface area contributed by atoms with Crippen LogP contribution < -0.4 is 0 Å². The minimum Gasteiger partial charge on any atom is -0.0651 e. The lowest BCUT2D eigenvalue weighted by Crippen LogP contribution is -2.15. The van der Waals surface area contributed by atoms with Crippen molar-refractivity contribution in [1.29, 1.82) is 0 Å². The predicted octanol–water partition coefficient (Wildman–Crippen LogP) is 9.67. The maximum Gasteiger partial charge on any atom is -0.0247 e. The number of rotatable bonds is 12. The second-order valence-electron chi connectivity index (χ2n) is 12.2. The molecule has 2 aliphatic carbocycles. The average Bonchev–Trinajstić information content (AvgIpc) is 3.46. The molecule has 0 unspecified atom stereocenters. The molecule has 0 heterocycles. The lowest BCUT2D eigenvalue weighted by Gasteiger charge is -2.25. The van der Waals surface area contributed by atoms with E-state index < -0.39 is 0 Å². The summed E-state index contributed by atoms with van der Waals surface area (Å²) in [6.07, 6.45) is 21.1. The van der Waals surface area contributed by atoms with Gasteiger partial charge in [0.25, 0.3) is 0 Å². The average molecular weight is 493 g/mol. The normalized spacial score (nSPS) is 17.7. The van der Waals surface area contributed by atoms with Crippen molar-refractivity contribution in [1.82, 2.24) is 0 Å². The first kappa shape index (κ1) is 26.3. The fourth-order valence-corrected chi connectivity index (χ4v) is 6.86. The second kappa shape index (κ2) is 13.5. The second-order valence-corrected chi connectivity index (χ2v) is 12.2. The van der Waals surface area contributed by atoms with Gasteiger partial charge in [0.2, 0.25) is 0 Å². The van der Waals surface area contributed by atoms with Crippen molar-refractivity contribution in [2.24, 2.45) is 11.8 Å². The van der Waals surface area contributed by atoms with Crippen molar-refractivity contribution in [3.05, 3.63) is 106 Å². The summed E-state index contributed by atoms with van der Waals surface area (Å²) in [5, 5.41) is 0. The molecule has 0 heteroatoms. The highest BCUT2D eigenvalue weighted by Gasteiger charge is 2.19. The lowest BCUT2D eigenvalue weighted by molar-refractivity contribution is 0.427. The molecule has 3 aromatic carbocycles. The zero-order chi connectivity index (χ0) is 25.3. The van der Waals surface area contributed by atoms with E-state index in [4.69, 9.17) is 0 Å². The van der Waals surface area contributed by atoms with Crippen LogP contribution in [0.25, 0.3) is 0 Å². The van der Waals surface area contributed by atoms with E-state index in [1.165, 1.54) is 125 Å². The fraction of sp³-hybridized carbons (Fsp3) is 0.514. The van der Waals surface area contributed by atoms with Gasteiger partial charge in [0.15, 0.2) is 0 Å². The molecule has 1 atom stereocenters. The van der Waals surface area contributed by atoms with Crippen LogP contribution in [0.1, 0.15) is 104 Å². The SMILES string of the molecule is CCCc1ccc(CCCc2ccc3c(c2)CC[C@H](CCc2ccc(CCC4CCCC4)cc2)C3)cc1. The van der Waals surface area contributed by atoms with E-state index in [2.05, 4.69) is 73.7 Å². The summed E-state index contributed by atoms with van der Waals surface area (Å²) in [5.74, 6) is 1.84. The van der Waals surface area contributed by atoms with Crippen molar-refractivity contribution in [3.8, 4) is 0 Å². The molecule has 2 aliphatic rings. The maximum atomic E-state index is 2.53. The first-order valence-electron chi connectivity index (χ1n) is 15.5. The Kier molecular flexibility index (Phi) is 9.55. The highest BCUT2D eigenvalue weighted by atomic mass is 14.2. The standard InChI is InChI=1S/C37H48/c1-2-6-29-11-14-31(15-12-29)9-5-10-34-23-25-37-28-35(24-26-36(37)27-34)22-21-33-19-17-32(18-20-33)16-13-30-7-3-4-8-30/h11-12,14-15,17-20,23,25,27,30,35H,2-10,13,16,21-22,24,26,28H2,1H3/t35-/m0/s1. The van der Waals surface area contributed by atoms with E-state index in [1.54, 1.807) is 16.7 Å². The molecule has 3 aromatic rings. The van der Waals surface area contributed by atoms with Crippen LogP contribution >= 0.6 is 0 Å². The molecule has 0 saturated heterocycles. The van der Waals surface area contributed by atoms with Crippen LogP contribution in [0.15, 0.2) is 66.7 Å². The Morgan fingerprint density at radius 2 is 1.08 bits per heavy atom. The molecule has 0 nitrogen and oxygen atoms in total. The Bertz CT molecular complexity index is 1080. The first-order valence-corrected chi connectivity index (χ1v) is 15.5. The molecule has 0 amide bonds. The first-order chi connectivity index (χ1) is 18.2. The van der Waals surface area contributed by atoms with Crippen LogP contribution in [0.5, 0.6) is 0 Å². The number of hydrogen-bond donors (Lipinski definition) is 0. The molecule has 0 aliphatic heterocycles. The van der Waals surface area contributed by atoms with Gasteiger partial charge < -0.3 is 0 Å². The van der Waals surface area contributed by atoms with Gasteiger partial charge in [-0.1, -0.05) is 106 Å². The van der Waals surface area contributed by atoms with Crippen LogP contribution in [0.2, 0.25) is 0 Å². The van der Waals surface area contributed by atoms with Gasteiger partial charge in [-0.2, -0.15) is 0 Å². The Labute approximate surface area is 226 Å². The summed E-state index contributed by atoms with van der Waals surface area (Å²) in [6.45, 7) is 2.25.